The third-order valence-electron chi connectivity index (χ3n) is 4.20. The van der Waals surface area contributed by atoms with Crippen molar-refractivity contribution in [3.05, 3.63) is 81.6 Å². The molecular weight excluding hydrogens is 369 g/mol. The lowest BCUT2D eigenvalue weighted by Crippen LogP contribution is -2.32. The fraction of sp³-hybridized carbons (Fsp3) is 0.105. The van der Waals surface area contributed by atoms with E-state index in [4.69, 9.17) is 11.6 Å². The first-order valence-corrected chi connectivity index (χ1v) is 8.59. The van der Waals surface area contributed by atoms with Gasteiger partial charge in [-0.05, 0) is 42.0 Å². The number of halogens is 2. The van der Waals surface area contributed by atoms with Crippen LogP contribution in [-0.2, 0) is 13.6 Å². The van der Waals surface area contributed by atoms with Gasteiger partial charge in [-0.1, -0.05) is 23.7 Å². The van der Waals surface area contributed by atoms with Crippen LogP contribution < -0.4 is 11.0 Å². The average Bonchev–Trinajstić information content (AvgIpc) is 3.04. The zero-order chi connectivity index (χ0) is 19.0. The number of hydrogen-bond acceptors (Lipinski definition) is 4. The van der Waals surface area contributed by atoms with Gasteiger partial charge >= 0.3 is 0 Å². The summed E-state index contributed by atoms with van der Waals surface area (Å²) >= 11 is 5.92. The van der Waals surface area contributed by atoms with E-state index in [1.54, 1.807) is 35.9 Å². The zero-order valence-electron chi connectivity index (χ0n) is 14.4. The highest BCUT2D eigenvalue weighted by Gasteiger charge is 2.16. The molecule has 2 aromatic carbocycles. The Morgan fingerprint density at radius 3 is 2.52 bits per heavy atom. The van der Waals surface area contributed by atoms with Gasteiger partial charge < -0.3 is 9.99 Å². The lowest BCUT2D eigenvalue weighted by Gasteiger charge is -2.15. The molecule has 27 heavy (non-hydrogen) atoms. The number of aryl methyl sites for hydroxylation is 1. The Morgan fingerprint density at radius 1 is 1.11 bits per heavy atom. The Labute approximate surface area is 158 Å². The molecule has 6 nitrogen and oxygen atoms in total. The van der Waals surface area contributed by atoms with Crippen LogP contribution in [0.4, 0.5) is 4.39 Å². The highest BCUT2D eigenvalue weighted by atomic mass is 35.5. The Balaban J connectivity index is 1.82. The van der Waals surface area contributed by atoms with E-state index in [1.807, 2.05) is 12.1 Å². The smallest absolute Gasteiger partial charge is 0.298 e. The van der Waals surface area contributed by atoms with Crippen LogP contribution in [0.3, 0.4) is 0 Å². The number of aromatic nitrogens is 4. The maximum absolute atomic E-state index is 13.3. The molecule has 4 aromatic rings. The van der Waals surface area contributed by atoms with E-state index < -0.39 is 0 Å². The van der Waals surface area contributed by atoms with Gasteiger partial charge in [-0.2, -0.15) is 0 Å². The first kappa shape index (κ1) is 17.2. The Kier molecular flexibility index (Phi) is 4.37. The van der Waals surface area contributed by atoms with Crippen molar-refractivity contribution in [1.29, 1.82) is 0 Å². The van der Waals surface area contributed by atoms with Gasteiger partial charge in [0.25, 0.3) is 5.56 Å². The summed E-state index contributed by atoms with van der Waals surface area (Å²) in [5, 5.41) is 0.640. The summed E-state index contributed by atoms with van der Waals surface area (Å²) in [5.41, 5.74) is 5.08. The highest BCUT2D eigenvalue weighted by Crippen LogP contribution is 2.18. The van der Waals surface area contributed by atoms with Gasteiger partial charge in [0.1, 0.15) is 5.82 Å². The van der Waals surface area contributed by atoms with Gasteiger partial charge in [-0.25, -0.2) is 19.0 Å². The van der Waals surface area contributed by atoms with Crippen molar-refractivity contribution in [2.45, 2.75) is 6.54 Å². The molecule has 0 saturated carbocycles. The minimum absolute atomic E-state index is 0.284. The molecule has 0 amide bonds. The summed E-state index contributed by atoms with van der Waals surface area (Å²) < 4.78 is 16.3. The normalized spacial score (nSPS) is 11.1. The lowest BCUT2D eigenvalue weighted by atomic mass is 10.2. The molecule has 0 atom stereocenters. The summed E-state index contributed by atoms with van der Waals surface area (Å²) in [7, 11) is 1.74. The summed E-state index contributed by atoms with van der Waals surface area (Å²) in [4.78, 5) is 21.7. The summed E-state index contributed by atoms with van der Waals surface area (Å²) in [6.45, 7) is 0.385. The molecule has 1 N–H and O–H groups in total. The van der Waals surface area contributed by atoms with Crippen LogP contribution in [0.15, 0.2) is 59.7 Å². The molecule has 0 unspecified atom stereocenters. The van der Waals surface area contributed by atoms with Gasteiger partial charge in [0.2, 0.25) is 0 Å². The molecule has 0 saturated heterocycles. The van der Waals surface area contributed by atoms with Gasteiger partial charge in [-0.3, -0.25) is 4.79 Å². The Bertz CT molecular complexity index is 1170. The van der Waals surface area contributed by atoms with Crippen LogP contribution in [0.1, 0.15) is 5.56 Å². The summed E-state index contributed by atoms with van der Waals surface area (Å²) in [6.07, 6.45) is 1.54. The molecule has 0 aliphatic rings. The Morgan fingerprint density at radius 2 is 1.81 bits per heavy atom. The maximum Gasteiger partial charge on any atom is 0.298 e. The van der Waals surface area contributed by atoms with Crippen molar-refractivity contribution < 1.29 is 4.39 Å². The summed E-state index contributed by atoms with van der Waals surface area (Å²) in [5.74, 6) is 0.000785. The van der Waals surface area contributed by atoms with Crippen LogP contribution in [-0.4, -0.2) is 19.2 Å². The van der Waals surface area contributed by atoms with Crippen LogP contribution in [0.5, 0.6) is 0 Å². The van der Waals surface area contributed by atoms with Crippen LogP contribution in [0, 0.1) is 5.82 Å². The molecule has 0 radical (unpaired) electrons. The van der Waals surface area contributed by atoms with Gasteiger partial charge in [0, 0.05) is 17.6 Å². The predicted molar refractivity (Wildman–Crippen MR) is 103 cm³/mol. The number of nitrogens with one attached hydrogen (secondary N) is 1. The quantitative estimate of drug-likeness (QED) is 0.587. The molecule has 8 heteroatoms. The molecule has 0 fully saturated rings. The molecule has 0 bridgehead atoms. The second kappa shape index (κ2) is 6.85. The predicted octanol–water partition coefficient (Wildman–Crippen LogP) is 3.33. The zero-order valence-corrected chi connectivity index (χ0v) is 15.1. The van der Waals surface area contributed by atoms with Crippen molar-refractivity contribution >= 4 is 22.8 Å². The number of rotatable bonds is 4. The molecule has 136 valence electrons. The third kappa shape index (κ3) is 3.29. The second-order valence-electron chi connectivity index (χ2n) is 6.07. The maximum atomic E-state index is 13.3. The van der Waals surface area contributed by atoms with E-state index in [0.717, 1.165) is 5.56 Å². The molecular formula is C19H15ClFN5O. The molecule has 0 aliphatic carbocycles. The van der Waals surface area contributed by atoms with E-state index in [9.17, 15) is 9.18 Å². The molecule has 4 rings (SSSR count). The minimum atomic E-state index is -0.360. The highest BCUT2D eigenvalue weighted by molar-refractivity contribution is 6.30. The molecule has 0 spiro atoms. The summed E-state index contributed by atoms with van der Waals surface area (Å²) in [6, 6.07) is 13.1. The number of hydrogen-bond donors (Lipinski definition) is 1. The number of imidazole rings is 1. The standard InChI is InChI=1S/C19H15ClFN5O/c1-25-11-22-17-16(25)19(27)26(23-10-12-2-6-14(20)7-3-12)18(24-17)13-4-8-15(21)9-5-13/h2-9,11,23H,10H2,1H3. The molecule has 0 aliphatic heterocycles. The SMILES string of the molecule is Cn1cnc2nc(-c3ccc(F)cc3)n(NCc3ccc(Cl)cc3)c(=O)c21. The van der Waals surface area contributed by atoms with Gasteiger partial charge in [-0.15, -0.1) is 0 Å². The monoisotopic (exact) mass is 383 g/mol. The second-order valence-corrected chi connectivity index (χ2v) is 6.51. The fourth-order valence-electron chi connectivity index (χ4n) is 2.81. The van der Waals surface area contributed by atoms with Crippen LogP contribution >= 0.6 is 11.6 Å². The van der Waals surface area contributed by atoms with Crippen molar-refractivity contribution in [3.63, 3.8) is 0 Å². The first-order valence-electron chi connectivity index (χ1n) is 8.21. The number of nitrogens with zero attached hydrogens (tertiary/aromatic N) is 4. The van der Waals surface area contributed by atoms with Crippen molar-refractivity contribution in [2.24, 2.45) is 7.05 Å². The van der Waals surface area contributed by atoms with E-state index in [-0.39, 0.29) is 11.4 Å². The number of benzene rings is 2. The molecule has 2 heterocycles. The lowest BCUT2D eigenvalue weighted by molar-refractivity contribution is 0.628. The largest absolute Gasteiger partial charge is 0.328 e. The first-order chi connectivity index (χ1) is 13.0. The van der Waals surface area contributed by atoms with E-state index >= 15 is 0 Å². The Hall–Kier alpha value is -3.19. The van der Waals surface area contributed by atoms with Gasteiger partial charge in [0.05, 0.1) is 12.9 Å². The number of fused-ring (bicyclic) bond motifs is 1. The third-order valence-corrected chi connectivity index (χ3v) is 4.46. The van der Waals surface area contributed by atoms with E-state index in [0.29, 0.717) is 34.1 Å². The van der Waals surface area contributed by atoms with Crippen molar-refractivity contribution in [2.75, 3.05) is 5.43 Å². The van der Waals surface area contributed by atoms with Crippen LogP contribution in [0.25, 0.3) is 22.6 Å². The topological polar surface area (TPSA) is 64.7 Å². The van der Waals surface area contributed by atoms with E-state index in [2.05, 4.69) is 15.4 Å². The van der Waals surface area contributed by atoms with Crippen LogP contribution in [0.2, 0.25) is 5.02 Å². The van der Waals surface area contributed by atoms with Gasteiger partial charge in [0.15, 0.2) is 17.0 Å². The van der Waals surface area contributed by atoms with Crippen molar-refractivity contribution in [1.82, 2.24) is 19.2 Å². The van der Waals surface area contributed by atoms with E-state index in [1.165, 1.54) is 23.1 Å². The average molecular weight is 384 g/mol. The molecule has 2 aromatic heterocycles. The minimum Gasteiger partial charge on any atom is -0.328 e. The van der Waals surface area contributed by atoms with Crippen molar-refractivity contribution in [3.8, 4) is 11.4 Å². The fourth-order valence-corrected chi connectivity index (χ4v) is 2.94.